The minimum absolute atomic E-state index is 0.203. The number of hydrogen-bond donors (Lipinski definition) is 1. The Morgan fingerprint density at radius 1 is 1.41 bits per heavy atom. The van der Waals surface area contributed by atoms with Gasteiger partial charge in [0.05, 0.1) is 0 Å². The van der Waals surface area contributed by atoms with Gasteiger partial charge in [-0.25, -0.2) is 0 Å². The average molecular weight is 235 g/mol. The van der Waals surface area contributed by atoms with Gasteiger partial charge < -0.3 is 14.8 Å². The summed E-state index contributed by atoms with van der Waals surface area (Å²) < 4.78 is 0. The third-order valence-electron chi connectivity index (χ3n) is 3.07. The van der Waals surface area contributed by atoms with Crippen molar-refractivity contribution in [1.29, 1.82) is 0 Å². The van der Waals surface area contributed by atoms with Gasteiger partial charge in [0.25, 0.3) is 0 Å². The van der Waals surface area contributed by atoms with Gasteiger partial charge in [-0.2, -0.15) is 0 Å². The van der Waals surface area contributed by atoms with Crippen molar-refractivity contribution >= 4 is 6.29 Å². The van der Waals surface area contributed by atoms with E-state index in [1.54, 1.807) is 6.07 Å². The van der Waals surface area contributed by atoms with Crippen molar-refractivity contribution in [3.05, 3.63) is 28.8 Å². The Bertz CT molecular complexity index is 399. The lowest BCUT2D eigenvalue weighted by atomic mass is 9.91. The fourth-order valence-corrected chi connectivity index (χ4v) is 2.08. The smallest absolute Gasteiger partial charge is 0.120 e. The van der Waals surface area contributed by atoms with Crippen LogP contribution in [0.1, 0.15) is 36.0 Å². The van der Waals surface area contributed by atoms with Crippen molar-refractivity contribution in [2.75, 3.05) is 14.1 Å². The fourth-order valence-electron chi connectivity index (χ4n) is 2.08. The van der Waals surface area contributed by atoms with Crippen molar-refractivity contribution in [3.8, 4) is 5.75 Å². The number of phenolic OH excluding ortho intramolecular Hbond substituents is 1. The lowest BCUT2D eigenvalue weighted by molar-refractivity contribution is -0.108. The first kappa shape index (κ1) is 13.7. The van der Waals surface area contributed by atoms with Crippen LogP contribution < -0.4 is 0 Å². The van der Waals surface area contributed by atoms with Gasteiger partial charge in [-0.1, -0.05) is 13.0 Å². The molecule has 0 radical (unpaired) electrons. The van der Waals surface area contributed by atoms with Gasteiger partial charge in [-0.15, -0.1) is 0 Å². The van der Waals surface area contributed by atoms with Crippen LogP contribution in [0.3, 0.4) is 0 Å². The molecule has 1 N–H and O–H groups in total. The van der Waals surface area contributed by atoms with E-state index in [1.165, 1.54) is 0 Å². The second kappa shape index (κ2) is 5.82. The summed E-state index contributed by atoms with van der Waals surface area (Å²) in [6, 6.07) is 3.64. The molecule has 3 heteroatoms. The minimum Gasteiger partial charge on any atom is -0.508 e. The Balaban J connectivity index is 3.13. The number of phenols is 1. The summed E-state index contributed by atoms with van der Waals surface area (Å²) in [6.45, 7) is 4.75. The summed E-state index contributed by atoms with van der Waals surface area (Å²) in [4.78, 5) is 12.6. The fraction of sp³-hybridized carbons (Fsp3) is 0.500. The molecule has 1 aromatic carbocycles. The Labute approximate surface area is 103 Å². The lowest BCUT2D eigenvalue weighted by Crippen LogP contribution is -2.13. The molecule has 0 saturated heterocycles. The SMILES string of the molecule is Cc1c(C(C)CC=O)ccc(O)c1CN(C)C. The summed E-state index contributed by atoms with van der Waals surface area (Å²) in [5.41, 5.74) is 3.19. The normalized spacial score (nSPS) is 12.8. The van der Waals surface area contributed by atoms with E-state index >= 15 is 0 Å². The van der Waals surface area contributed by atoms with Crippen LogP contribution in [0.2, 0.25) is 0 Å². The first-order valence-electron chi connectivity index (χ1n) is 5.87. The van der Waals surface area contributed by atoms with Crippen LogP contribution in [0, 0.1) is 6.92 Å². The standard InChI is InChI=1S/C14H21NO2/c1-10(7-8-16)12-5-6-14(17)13(11(12)2)9-15(3)4/h5-6,8,10,17H,7,9H2,1-4H3. The Hall–Kier alpha value is -1.35. The van der Waals surface area contributed by atoms with Crippen LogP contribution in [0.4, 0.5) is 0 Å². The second-order valence-electron chi connectivity index (χ2n) is 4.82. The van der Waals surface area contributed by atoms with Gasteiger partial charge in [0, 0.05) is 18.5 Å². The first-order chi connectivity index (χ1) is 7.97. The predicted molar refractivity (Wildman–Crippen MR) is 69.3 cm³/mol. The van der Waals surface area contributed by atoms with E-state index in [0.717, 1.165) is 23.0 Å². The third-order valence-corrected chi connectivity index (χ3v) is 3.07. The quantitative estimate of drug-likeness (QED) is 0.797. The summed E-state index contributed by atoms with van der Waals surface area (Å²) in [5, 5.41) is 9.88. The zero-order valence-corrected chi connectivity index (χ0v) is 11.0. The molecule has 3 nitrogen and oxygen atoms in total. The van der Waals surface area contributed by atoms with E-state index in [9.17, 15) is 9.90 Å². The largest absolute Gasteiger partial charge is 0.508 e. The lowest BCUT2D eigenvalue weighted by Gasteiger charge is -2.19. The molecule has 1 rings (SSSR count). The number of nitrogens with zero attached hydrogens (tertiary/aromatic N) is 1. The number of carbonyl (C=O) groups excluding carboxylic acids is 1. The van der Waals surface area contributed by atoms with Crippen molar-refractivity contribution in [2.45, 2.75) is 32.7 Å². The molecule has 0 saturated carbocycles. The zero-order chi connectivity index (χ0) is 13.0. The first-order valence-corrected chi connectivity index (χ1v) is 5.87. The minimum atomic E-state index is 0.203. The molecule has 1 aromatic rings. The maximum Gasteiger partial charge on any atom is 0.120 e. The van der Waals surface area contributed by atoms with E-state index in [2.05, 4.69) is 0 Å². The number of carbonyl (C=O) groups is 1. The molecular formula is C14H21NO2. The summed E-state index contributed by atoms with van der Waals surface area (Å²) in [7, 11) is 3.95. The van der Waals surface area contributed by atoms with Crippen LogP contribution in [0.5, 0.6) is 5.75 Å². The maximum absolute atomic E-state index is 10.6. The van der Waals surface area contributed by atoms with Crippen molar-refractivity contribution in [1.82, 2.24) is 4.90 Å². The van der Waals surface area contributed by atoms with Crippen LogP contribution in [-0.2, 0) is 11.3 Å². The molecule has 0 amide bonds. The van der Waals surface area contributed by atoms with Crippen LogP contribution in [0.25, 0.3) is 0 Å². The van der Waals surface area contributed by atoms with Gasteiger partial charge in [0.15, 0.2) is 0 Å². The maximum atomic E-state index is 10.6. The van der Waals surface area contributed by atoms with Crippen LogP contribution in [0.15, 0.2) is 12.1 Å². The topological polar surface area (TPSA) is 40.5 Å². The zero-order valence-electron chi connectivity index (χ0n) is 11.0. The summed E-state index contributed by atoms with van der Waals surface area (Å²) in [5.74, 6) is 0.535. The Morgan fingerprint density at radius 3 is 2.59 bits per heavy atom. The molecule has 17 heavy (non-hydrogen) atoms. The van der Waals surface area contributed by atoms with Crippen LogP contribution >= 0.6 is 0 Å². The molecule has 0 bridgehead atoms. The third kappa shape index (κ3) is 3.30. The van der Waals surface area contributed by atoms with E-state index in [0.29, 0.717) is 18.7 Å². The van der Waals surface area contributed by atoms with Gasteiger partial charge in [0.1, 0.15) is 12.0 Å². The van der Waals surface area contributed by atoms with Gasteiger partial charge in [0.2, 0.25) is 0 Å². The molecule has 1 unspecified atom stereocenters. The summed E-state index contributed by atoms with van der Waals surface area (Å²) >= 11 is 0. The number of aromatic hydroxyl groups is 1. The highest BCUT2D eigenvalue weighted by molar-refractivity contribution is 5.53. The van der Waals surface area contributed by atoms with E-state index < -0.39 is 0 Å². The van der Waals surface area contributed by atoms with Gasteiger partial charge in [-0.3, -0.25) is 0 Å². The van der Waals surface area contributed by atoms with Crippen molar-refractivity contribution in [2.24, 2.45) is 0 Å². The molecule has 0 heterocycles. The van der Waals surface area contributed by atoms with Crippen LogP contribution in [-0.4, -0.2) is 30.4 Å². The highest BCUT2D eigenvalue weighted by atomic mass is 16.3. The highest BCUT2D eigenvalue weighted by Gasteiger charge is 2.14. The highest BCUT2D eigenvalue weighted by Crippen LogP contribution is 2.30. The predicted octanol–water partition coefficient (Wildman–Crippen LogP) is 2.45. The molecule has 1 atom stereocenters. The van der Waals surface area contributed by atoms with Gasteiger partial charge in [-0.05, 0) is 44.1 Å². The molecule has 0 aliphatic rings. The number of aldehydes is 1. The molecule has 94 valence electrons. The summed E-state index contributed by atoms with van der Waals surface area (Å²) in [6.07, 6.45) is 1.47. The van der Waals surface area contributed by atoms with E-state index in [-0.39, 0.29) is 5.92 Å². The molecule has 0 aromatic heterocycles. The number of hydrogen-bond acceptors (Lipinski definition) is 3. The average Bonchev–Trinajstić information content (AvgIpc) is 2.24. The monoisotopic (exact) mass is 235 g/mol. The molecular weight excluding hydrogens is 214 g/mol. The van der Waals surface area contributed by atoms with E-state index in [1.807, 2.05) is 38.9 Å². The van der Waals surface area contributed by atoms with E-state index in [4.69, 9.17) is 0 Å². The number of rotatable bonds is 5. The Kier molecular flexibility index (Phi) is 4.70. The molecule has 0 aliphatic carbocycles. The second-order valence-corrected chi connectivity index (χ2v) is 4.82. The van der Waals surface area contributed by atoms with Crippen molar-refractivity contribution < 1.29 is 9.90 Å². The molecule has 0 spiro atoms. The molecule has 0 aliphatic heterocycles. The van der Waals surface area contributed by atoms with Gasteiger partial charge >= 0.3 is 0 Å². The van der Waals surface area contributed by atoms with Crippen molar-refractivity contribution in [3.63, 3.8) is 0 Å². The number of benzene rings is 1. The Morgan fingerprint density at radius 2 is 2.06 bits per heavy atom. The molecule has 0 fully saturated rings.